The minimum absolute atomic E-state index is 0.0416. The molecular weight excluding hydrogens is 481 g/mol. The van der Waals surface area contributed by atoms with E-state index in [1.807, 2.05) is 6.92 Å². The van der Waals surface area contributed by atoms with Crippen LogP contribution >= 0.6 is 0 Å². The highest BCUT2D eigenvalue weighted by Crippen LogP contribution is 2.39. The Kier molecular flexibility index (Phi) is 8.54. The molecule has 4 nitrogen and oxygen atoms in total. The molecule has 4 rings (SSSR count). The zero-order valence-electron chi connectivity index (χ0n) is 20.6. The molecule has 0 heterocycles. The monoisotopic (exact) mass is 510 g/mol. The van der Waals surface area contributed by atoms with E-state index in [1.54, 1.807) is 42.5 Å². The minimum atomic E-state index is -1.21. The van der Waals surface area contributed by atoms with E-state index in [4.69, 9.17) is 14.2 Å². The number of carbonyl (C=O) groups is 1. The fourth-order valence-corrected chi connectivity index (χ4v) is 4.65. The Morgan fingerprint density at radius 2 is 1.62 bits per heavy atom. The van der Waals surface area contributed by atoms with Crippen molar-refractivity contribution in [1.29, 1.82) is 0 Å². The highest BCUT2D eigenvalue weighted by molar-refractivity contribution is 5.76. The van der Waals surface area contributed by atoms with Gasteiger partial charge in [-0.25, -0.2) is 8.78 Å². The van der Waals surface area contributed by atoms with E-state index in [2.05, 4.69) is 6.58 Å². The van der Waals surface area contributed by atoms with Crippen molar-refractivity contribution in [3.63, 3.8) is 0 Å². The van der Waals surface area contributed by atoms with Gasteiger partial charge < -0.3 is 14.2 Å². The van der Waals surface area contributed by atoms with Gasteiger partial charge in [-0.05, 0) is 80.0 Å². The van der Waals surface area contributed by atoms with Crippen molar-refractivity contribution in [1.82, 2.24) is 0 Å². The molecule has 7 heteroatoms. The molecule has 0 radical (unpaired) electrons. The highest BCUT2D eigenvalue weighted by Gasteiger charge is 2.30. The summed E-state index contributed by atoms with van der Waals surface area (Å²) in [4.78, 5) is 12.7. The Balaban J connectivity index is 1.37. The van der Waals surface area contributed by atoms with Gasteiger partial charge >= 0.3 is 5.97 Å². The van der Waals surface area contributed by atoms with Gasteiger partial charge in [0.1, 0.15) is 23.9 Å². The fourth-order valence-electron chi connectivity index (χ4n) is 4.65. The van der Waals surface area contributed by atoms with Gasteiger partial charge in [-0.3, -0.25) is 4.79 Å². The maximum atomic E-state index is 14.8. The zero-order valence-corrected chi connectivity index (χ0v) is 20.6. The summed E-state index contributed by atoms with van der Waals surface area (Å²) < 4.78 is 60.2. The summed E-state index contributed by atoms with van der Waals surface area (Å²) in [5.74, 6) is -3.16. The molecule has 1 saturated carbocycles. The largest absolute Gasteiger partial charge is 0.494 e. The average molecular weight is 511 g/mol. The number of carbonyl (C=O) groups excluding carboxylic acids is 1. The Morgan fingerprint density at radius 1 is 0.919 bits per heavy atom. The first kappa shape index (κ1) is 26.3. The maximum Gasteiger partial charge on any atom is 0.314 e. The van der Waals surface area contributed by atoms with Crippen molar-refractivity contribution in [3.8, 4) is 28.4 Å². The molecule has 194 valence electrons. The van der Waals surface area contributed by atoms with Crippen LogP contribution in [0.3, 0.4) is 0 Å². The second-order valence-electron chi connectivity index (χ2n) is 8.95. The molecule has 0 aromatic heterocycles. The second kappa shape index (κ2) is 12.0. The Hall–Kier alpha value is -3.74. The summed E-state index contributed by atoms with van der Waals surface area (Å²) in [5.41, 5.74) is 1.11. The normalized spacial score (nSPS) is 17.2. The molecule has 0 spiro atoms. The van der Waals surface area contributed by atoms with Gasteiger partial charge in [0, 0.05) is 11.6 Å². The molecule has 3 aromatic rings. The van der Waals surface area contributed by atoms with Crippen LogP contribution in [-0.4, -0.2) is 19.2 Å². The molecule has 0 saturated heterocycles. The van der Waals surface area contributed by atoms with Crippen LogP contribution in [0.15, 0.2) is 67.3 Å². The number of rotatable bonds is 9. The summed E-state index contributed by atoms with van der Waals surface area (Å²) in [5, 5.41) is 0. The smallest absolute Gasteiger partial charge is 0.314 e. The van der Waals surface area contributed by atoms with Gasteiger partial charge in [0.2, 0.25) is 5.82 Å². The van der Waals surface area contributed by atoms with Crippen LogP contribution in [0, 0.1) is 23.4 Å². The van der Waals surface area contributed by atoms with Crippen LogP contribution < -0.4 is 14.2 Å². The topological polar surface area (TPSA) is 44.8 Å². The SMILES string of the molecule is C=CCOc1ccc(C2CCC(C(=O)Oc3ccc(-c4ccc(OCC)cc4)c(F)c3F)CC2)c(F)c1. The van der Waals surface area contributed by atoms with Crippen LogP contribution in [0.1, 0.15) is 44.1 Å². The van der Waals surface area contributed by atoms with Gasteiger partial charge in [-0.1, -0.05) is 30.9 Å². The third kappa shape index (κ3) is 6.16. The molecule has 0 aliphatic heterocycles. The van der Waals surface area contributed by atoms with Gasteiger partial charge in [-0.15, -0.1) is 0 Å². The van der Waals surface area contributed by atoms with E-state index in [9.17, 15) is 18.0 Å². The van der Waals surface area contributed by atoms with Gasteiger partial charge in [-0.2, -0.15) is 4.39 Å². The van der Waals surface area contributed by atoms with Crippen LogP contribution in [-0.2, 0) is 4.79 Å². The fraction of sp³-hybridized carbons (Fsp3) is 0.300. The van der Waals surface area contributed by atoms with Crippen molar-refractivity contribution in [2.24, 2.45) is 5.92 Å². The van der Waals surface area contributed by atoms with Crippen LogP contribution in [0.2, 0.25) is 0 Å². The zero-order chi connectivity index (χ0) is 26.4. The van der Waals surface area contributed by atoms with Crippen molar-refractivity contribution in [3.05, 3.63) is 90.3 Å². The Bertz CT molecular complexity index is 1250. The molecular formula is C30H29F3O4. The Labute approximate surface area is 214 Å². The molecule has 0 N–H and O–H groups in total. The molecule has 0 bridgehead atoms. The summed E-state index contributed by atoms with van der Waals surface area (Å²) in [6.07, 6.45) is 3.68. The molecule has 1 fully saturated rings. The van der Waals surface area contributed by atoms with Gasteiger partial charge in [0.15, 0.2) is 11.6 Å². The number of hydrogen-bond donors (Lipinski definition) is 0. The lowest BCUT2D eigenvalue weighted by atomic mass is 9.78. The summed E-state index contributed by atoms with van der Waals surface area (Å²) in [6, 6.07) is 14.1. The van der Waals surface area contributed by atoms with E-state index in [0.717, 1.165) is 0 Å². The third-order valence-corrected chi connectivity index (χ3v) is 6.57. The number of ether oxygens (including phenoxy) is 3. The van der Waals surface area contributed by atoms with E-state index in [1.165, 1.54) is 18.2 Å². The predicted molar refractivity (Wildman–Crippen MR) is 135 cm³/mol. The van der Waals surface area contributed by atoms with Crippen LogP contribution in [0.5, 0.6) is 17.2 Å². The lowest BCUT2D eigenvalue weighted by molar-refractivity contribution is -0.140. The lowest BCUT2D eigenvalue weighted by Gasteiger charge is -2.28. The molecule has 0 amide bonds. The molecule has 1 aliphatic carbocycles. The number of benzene rings is 3. The summed E-state index contributed by atoms with van der Waals surface area (Å²) in [7, 11) is 0. The summed E-state index contributed by atoms with van der Waals surface area (Å²) in [6.45, 7) is 6.22. The first-order valence-electron chi connectivity index (χ1n) is 12.4. The first-order valence-corrected chi connectivity index (χ1v) is 12.4. The van der Waals surface area contributed by atoms with Crippen LogP contribution in [0.4, 0.5) is 13.2 Å². The first-order chi connectivity index (χ1) is 17.9. The van der Waals surface area contributed by atoms with Crippen LogP contribution in [0.25, 0.3) is 11.1 Å². The molecule has 0 unspecified atom stereocenters. The van der Waals surface area contributed by atoms with Crippen molar-refractivity contribution in [2.45, 2.75) is 38.5 Å². The Morgan fingerprint density at radius 3 is 2.27 bits per heavy atom. The van der Waals surface area contributed by atoms with Gasteiger partial charge in [0.05, 0.1) is 12.5 Å². The third-order valence-electron chi connectivity index (χ3n) is 6.57. The molecule has 0 atom stereocenters. The highest BCUT2D eigenvalue weighted by atomic mass is 19.2. The number of halogens is 3. The lowest BCUT2D eigenvalue weighted by Crippen LogP contribution is -2.25. The predicted octanol–water partition coefficient (Wildman–Crippen LogP) is 7.61. The number of hydrogen-bond acceptors (Lipinski definition) is 4. The second-order valence-corrected chi connectivity index (χ2v) is 8.95. The van der Waals surface area contributed by atoms with E-state index in [-0.39, 0.29) is 17.3 Å². The maximum absolute atomic E-state index is 14.8. The van der Waals surface area contributed by atoms with Crippen molar-refractivity contribution < 1.29 is 32.2 Å². The standard InChI is InChI=1S/C30H29F3O4/c1-3-17-36-23-13-14-24(26(31)18-23)19-5-7-21(8-6-19)30(34)37-27-16-15-25(28(32)29(27)33)20-9-11-22(12-10-20)35-4-2/h3,9-16,18-19,21H,1,4-8,17H2,2H3. The van der Waals surface area contributed by atoms with Crippen molar-refractivity contribution >= 4 is 5.97 Å². The number of esters is 1. The van der Waals surface area contributed by atoms with E-state index in [0.29, 0.717) is 61.5 Å². The quantitative estimate of drug-likeness (QED) is 0.169. The van der Waals surface area contributed by atoms with Gasteiger partial charge in [0.25, 0.3) is 0 Å². The van der Waals surface area contributed by atoms with E-state index < -0.39 is 29.3 Å². The minimum Gasteiger partial charge on any atom is -0.494 e. The molecule has 3 aromatic carbocycles. The molecule has 37 heavy (non-hydrogen) atoms. The molecule has 1 aliphatic rings. The summed E-state index contributed by atoms with van der Waals surface area (Å²) >= 11 is 0. The average Bonchev–Trinajstić information content (AvgIpc) is 2.91. The van der Waals surface area contributed by atoms with Crippen molar-refractivity contribution in [2.75, 3.05) is 13.2 Å². The van der Waals surface area contributed by atoms with E-state index >= 15 is 0 Å².